The van der Waals surface area contributed by atoms with Gasteiger partial charge in [0, 0.05) is 18.2 Å². The average molecular weight is 209 g/mol. The van der Waals surface area contributed by atoms with Gasteiger partial charge in [-0.15, -0.1) is 0 Å². The van der Waals surface area contributed by atoms with Crippen molar-refractivity contribution >= 4 is 0 Å². The van der Waals surface area contributed by atoms with Crippen LogP contribution in [0.5, 0.6) is 0 Å². The number of fused-ring (bicyclic) bond motifs is 3. The molecule has 16 heavy (non-hydrogen) atoms. The Morgan fingerprint density at radius 2 is 1.75 bits per heavy atom. The lowest BCUT2D eigenvalue weighted by atomic mass is 9.95. The topological polar surface area (TPSA) is 12.9 Å². The molecular weight excluding hydrogens is 194 g/mol. The Kier molecular flexibility index (Phi) is 1.90. The number of aryl methyl sites for hydroxylation is 2. The number of aromatic nitrogens is 1. The van der Waals surface area contributed by atoms with Crippen LogP contribution in [0.3, 0.4) is 0 Å². The van der Waals surface area contributed by atoms with Gasteiger partial charge in [0.2, 0.25) is 0 Å². The molecule has 1 aromatic carbocycles. The first-order valence-corrected chi connectivity index (χ1v) is 5.72. The number of hydrogen-bond acceptors (Lipinski definition) is 1. The molecule has 0 fully saturated rings. The van der Waals surface area contributed by atoms with E-state index in [0.717, 1.165) is 6.42 Å². The molecule has 1 aliphatic carbocycles. The first kappa shape index (κ1) is 9.59. The van der Waals surface area contributed by atoms with Gasteiger partial charge in [0.25, 0.3) is 0 Å². The Balaban J connectivity index is 2.39. The highest BCUT2D eigenvalue weighted by molar-refractivity contribution is 5.81. The lowest BCUT2D eigenvalue weighted by Crippen LogP contribution is -1.90. The molecule has 3 rings (SSSR count). The van der Waals surface area contributed by atoms with Gasteiger partial charge in [-0.05, 0) is 54.7 Å². The zero-order valence-electron chi connectivity index (χ0n) is 9.96. The Morgan fingerprint density at radius 3 is 2.56 bits per heavy atom. The number of hydrogen-bond donors (Lipinski definition) is 0. The molecule has 2 aromatic rings. The summed E-state index contributed by atoms with van der Waals surface area (Å²) in [5.41, 5.74) is 9.60. The molecule has 0 radical (unpaired) electrons. The number of pyridine rings is 1. The highest BCUT2D eigenvalue weighted by Gasteiger charge is 2.23. The van der Waals surface area contributed by atoms with Crippen LogP contribution >= 0.6 is 0 Å². The van der Waals surface area contributed by atoms with Crippen LogP contribution in [0.4, 0.5) is 0 Å². The van der Waals surface area contributed by atoms with E-state index in [1.54, 1.807) is 0 Å². The molecule has 0 amide bonds. The molecule has 0 unspecified atom stereocenters. The highest BCUT2D eigenvalue weighted by Crippen LogP contribution is 2.40. The van der Waals surface area contributed by atoms with Gasteiger partial charge >= 0.3 is 0 Å². The van der Waals surface area contributed by atoms with Crippen molar-refractivity contribution in [3.05, 3.63) is 52.3 Å². The van der Waals surface area contributed by atoms with E-state index >= 15 is 0 Å². The first-order valence-electron chi connectivity index (χ1n) is 5.72. The zero-order chi connectivity index (χ0) is 11.3. The molecule has 1 nitrogen and oxygen atoms in total. The van der Waals surface area contributed by atoms with Crippen molar-refractivity contribution in [2.75, 3.05) is 0 Å². The maximum absolute atomic E-state index is 4.51. The molecule has 0 aliphatic heterocycles. The summed E-state index contributed by atoms with van der Waals surface area (Å²) in [5.74, 6) is 0. The maximum Gasteiger partial charge on any atom is 0.0528 e. The van der Waals surface area contributed by atoms with Crippen molar-refractivity contribution < 1.29 is 0 Å². The monoisotopic (exact) mass is 209 g/mol. The van der Waals surface area contributed by atoms with E-state index in [9.17, 15) is 0 Å². The van der Waals surface area contributed by atoms with Crippen LogP contribution in [0.1, 0.15) is 27.9 Å². The molecule has 0 saturated heterocycles. The molecule has 80 valence electrons. The number of benzene rings is 1. The van der Waals surface area contributed by atoms with Crippen LogP contribution in [0.25, 0.3) is 11.1 Å². The molecule has 1 aliphatic rings. The van der Waals surface area contributed by atoms with Crippen LogP contribution in [0.15, 0.2) is 24.4 Å². The van der Waals surface area contributed by atoms with Gasteiger partial charge in [-0.25, -0.2) is 0 Å². The summed E-state index contributed by atoms with van der Waals surface area (Å²) < 4.78 is 0. The van der Waals surface area contributed by atoms with E-state index in [0.29, 0.717) is 0 Å². The second-order valence-corrected chi connectivity index (χ2v) is 4.67. The van der Waals surface area contributed by atoms with Gasteiger partial charge in [-0.3, -0.25) is 4.98 Å². The lowest BCUT2D eigenvalue weighted by molar-refractivity contribution is 1.11. The summed E-state index contributed by atoms with van der Waals surface area (Å²) in [5, 5.41) is 0. The summed E-state index contributed by atoms with van der Waals surface area (Å²) in [7, 11) is 0. The summed E-state index contributed by atoms with van der Waals surface area (Å²) in [6, 6.07) is 6.57. The third-order valence-corrected chi connectivity index (χ3v) is 3.67. The Bertz CT molecular complexity index is 582. The molecule has 0 saturated carbocycles. The minimum absolute atomic E-state index is 0.994. The standard InChI is InChI=1S/C15H15N/c1-9-4-5-12-8-13-14(15(12)11(9)3)10(2)6-7-16-13/h4-7H,8H2,1-3H3. The van der Waals surface area contributed by atoms with E-state index in [4.69, 9.17) is 0 Å². The van der Waals surface area contributed by atoms with E-state index in [2.05, 4.69) is 44.0 Å². The summed E-state index contributed by atoms with van der Waals surface area (Å²) in [6.45, 7) is 6.58. The van der Waals surface area contributed by atoms with Gasteiger partial charge in [0.05, 0.1) is 5.69 Å². The quantitative estimate of drug-likeness (QED) is 0.551. The van der Waals surface area contributed by atoms with Crippen LogP contribution in [-0.2, 0) is 6.42 Å². The normalized spacial score (nSPS) is 12.4. The fourth-order valence-corrected chi connectivity index (χ4v) is 2.64. The second kappa shape index (κ2) is 3.18. The second-order valence-electron chi connectivity index (χ2n) is 4.67. The largest absolute Gasteiger partial charge is 0.260 e. The van der Waals surface area contributed by atoms with E-state index in [-0.39, 0.29) is 0 Å². The first-order chi connectivity index (χ1) is 7.68. The van der Waals surface area contributed by atoms with Gasteiger partial charge < -0.3 is 0 Å². The van der Waals surface area contributed by atoms with Gasteiger partial charge in [0.1, 0.15) is 0 Å². The average Bonchev–Trinajstić information content (AvgIpc) is 2.64. The fraction of sp³-hybridized carbons (Fsp3) is 0.267. The third-order valence-electron chi connectivity index (χ3n) is 3.67. The molecule has 0 N–H and O–H groups in total. The highest BCUT2D eigenvalue weighted by atomic mass is 14.7. The van der Waals surface area contributed by atoms with E-state index < -0.39 is 0 Å². The molecule has 0 bridgehead atoms. The smallest absolute Gasteiger partial charge is 0.0528 e. The van der Waals surface area contributed by atoms with Crippen molar-refractivity contribution in [1.29, 1.82) is 0 Å². The predicted molar refractivity (Wildman–Crippen MR) is 66.7 cm³/mol. The predicted octanol–water partition coefficient (Wildman–Crippen LogP) is 3.58. The van der Waals surface area contributed by atoms with Crippen LogP contribution < -0.4 is 0 Å². The fourth-order valence-electron chi connectivity index (χ4n) is 2.64. The van der Waals surface area contributed by atoms with Crippen molar-refractivity contribution in [2.45, 2.75) is 27.2 Å². The SMILES string of the molecule is Cc1ccc2c(c1C)-c1c(C)ccnc1C2. The number of rotatable bonds is 0. The Morgan fingerprint density at radius 1 is 0.938 bits per heavy atom. The van der Waals surface area contributed by atoms with Gasteiger partial charge in [0.15, 0.2) is 0 Å². The molecule has 1 heterocycles. The van der Waals surface area contributed by atoms with Crippen molar-refractivity contribution in [2.24, 2.45) is 0 Å². The maximum atomic E-state index is 4.51. The third kappa shape index (κ3) is 1.15. The van der Waals surface area contributed by atoms with Crippen LogP contribution in [-0.4, -0.2) is 4.98 Å². The van der Waals surface area contributed by atoms with Crippen LogP contribution in [0, 0.1) is 20.8 Å². The Labute approximate surface area is 96.2 Å². The molecular formula is C15H15N. The van der Waals surface area contributed by atoms with Crippen molar-refractivity contribution in [3.8, 4) is 11.1 Å². The summed E-state index contributed by atoms with van der Waals surface area (Å²) in [4.78, 5) is 4.51. The summed E-state index contributed by atoms with van der Waals surface area (Å²) in [6.07, 6.45) is 2.91. The molecule has 0 spiro atoms. The minimum Gasteiger partial charge on any atom is -0.260 e. The molecule has 0 atom stereocenters. The van der Waals surface area contributed by atoms with Gasteiger partial charge in [-0.2, -0.15) is 0 Å². The van der Waals surface area contributed by atoms with Gasteiger partial charge in [-0.1, -0.05) is 12.1 Å². The number of nitrogens with zero attached hydrogens (tertiary/aromatic N) is 1. The van der Waals surface area contributed by atoms with E-state index in [1.807, 2.05) is 6.20 Å². The zero-order valence-corrected chi connectivity index (χ0v) is 9.96. The summed E-state index contributed by atoms with van der Waals surface area (Å²) >= 11 is 0. The molecule has 1 heteroatoms. The Hall–Kier alpha value is -1.63. The molecule has 1 aromatic heterocycles. The van der Waals surface area contributed by atoms with Crippen molar-refractivity contribution in [1.82, 2.24) is 4.98 Å². The van der Waals surface area contributed by atoms with Crippen molar-refractivity contribution in [3.63, 3.8) is 0 Å². The lowest BCUT2D eigenvalue weighted by Gasteiger charge is -2.10. The van der Waals surface area contributed by atoms with E-state index in [1.165, 1.54) is 39.1 Å². The minimum atomic E-state index is 0.994. The van der Waals surface area contributed by atoms with Crippen LogP contribution in [0.2, 0.25) is 0 Å².